The molecule has 5 heteroatoms. The lowest BCUT2D eigenvalue weighted by Crippen LogP contribution is -1.95. The van der Waals surface area contributed by atoms with Gasteiger partial charge in [-0.1, -0.05) is 23.7 Å². The van der Waals surface area contributed by atoms with Gasteiger partial charge in [0, 0.05) is 29.0 Å². The smallest absolute Gasteiger partial charge is 0.162 e. The maximum atomic E-state index is 6.19. The number of anilines is 2. The summed E-state index contributed by atoms with van der Waals surface area (Å²) in [6.07, 6.45) is 1.73. The maximum absolute atomic E-state index is 6.19. The van der Waals surface area contributed by atoms with E-state index in [2.05, 4.69) is 10.3 Å². The fraction of sp³-hybridized carbons (Fsp3) is 0.118. The number of para-hydroxylation sites is 1. The first kappa shape index (κ1) is 14.5. The Kier molecular flexibility index (Phi) is 4.02. The van der Waals surface area contributed by atoms with Crippen LogP contribution in [-0.2, 0) is 0 Å². The largest absolute Gasteiger partial charge is 0.493 e. The van der Waals surface area contributed by atoms with Gasteiger partial charge in [-0.05, 0) is 24.3 Å². The molecule has 0 amide bonds. The molecule has 0 aliphatic carbocycles. The second-order valence-corrected chi connectivity index (χ2v) is 5.10. The number of fused-ring (bicyclic) bond motifs is 1. The first-order chi connectivity index (χ1) is 10.7. The van der Waals surface area contributed by atoms with E-state index in [1.165, 1.54) is 0 Å². The zero-order chi connectivity index (χ0) is 15.5. The molecule has 0 unspecified atom stereocenters. The lowest BCUT2D eigenvalue weighted by molar-refractivity contribution is 0.355. The highest BCUT2D eigenvalue weighted by Gasteiger charge is 2.08. The summed E-state index contributed by atoms with van der Waals surface area (Å²) in [6, 6.07) is 13.3. The van der Waals surface area contributed by atoms with E-state index in [0.717, 1.165) is 22.3 Å². The predicted molar refractivity (Wildman–Crippen MR) is 89.6 cm³/mol. The van der Waals surface area contributed by atoms with Crippen LogP contribution in [0.15, 0.2) is 48.7 Å². The van der Waals surface area contributed by atoms with E-state index in [1.807, 2.05) is 42.5 Å². The number of benzene rings is 2. The van der Waals surface area contributed by atoms with Crippen LogP contribution >= 0.6 is 11.6 Å². The van der Waals surface area contributed by atoms with Crippen molar-refractivity contribution in [3.8, 4) is 11.5 Å². The van der Waals surface area contributed by atoms with Crippen molar-refractivity contribution in [2.75, 3.05) is 19.5 Å². The average Bonchev–Trinajstić information content (AvgIpc) is 2.55. The Balaban J connectivity index is 2.02. The molecule has 0 spiro atoms. The molecule has 2 aromatic carbocycles. The van der Waals surface area contributed by atoms with Gasteiger partial charge in [-0.15, -0.1) is 0 Å². The Morgan fingerprint density at radius 2 is 1.82 bits per heavy atom. The van der Waals surface area contributed by atoms with Crippen molar-refractivity contribution in [3.05, 3.63) is 53.7 Å². The first-order valence-electron chi connectivity index (χ1n) is 6.75. The van der Waals surface area contributed by atoms with E-state index >= 15 is 0 Å². The van der Waals surface area contributed by atoms with Gasteiger partial charge in [0.05, 0.1) is 24.8 Å². The third-order valence-electron chi connectivity index (χ3n) is 3.38. The van der Waals surface area contributed by atoms with Gasteiger partial charge in [0.2, 0.25) is 0 Å². The minimum absolute atomic E-state index is 0.633. The first-order valence-corrected chi connectivity index (χ1v) is 7.13. The molecule has 1 heterocycles. The second-order valence-electron chi connectivity index (χ2n) is 4.69. The predicted octanol–water partition coefficient (Wildman–Crippen LogP) is 4.65. The highest BCUT2D eigenvalue weighted by molar-refractivity contribution is 6.35. The summed E-state index contributed by atoms with van der Waals surface area (Å²) in [5.41, 5.74) is 2.60. The second kappa shape index (κ2) is 6.12. The molecule has 1 aromatic heterocycles. The normalized spacial score (nSPS) is 10.5. The van der Waals surface area contributed by atoms with Gasteiger partial charge in [0.25, 0.3) is 0 Å². The minimum Gasteiger partial charge on any atom is -0.493 e. The van der Waals surface area contributed by atoms with Gasteiger partial charge in [0.15, 0.2) is 11.5 Å². The maximum Gasteiger partial charge on any atom is 0.162 e. The summed E-state index contributed by atoms with van der Waals surface area (Å²) >= 11 is 6.19. The molecule has 22 heavy (non-hydrogen) atoms. The molecular formula is C17H15ClN2O2. The summed E-state index contributed by atoms with van der Waals surface area (Å²) < 4.78 is 10.6. The van der Waals surface area contributed by atoms with Gasteiger partial charge in [0.1, 0.15) is 0 Å². The number of nitrogens with one attached hydrogen (secondary N) is 1. The lowest BCUT2D eigenvalue weighted by Gasteiger charge is -2.13. The number of ether oxygens (including phenoxy) is 2. The summed E-state index contributed by atoms with van der Waals surface area (Å²) in [7, 11) is 3.23. The molecule has 0 saturated heterocycles. The van der Waals surface area contributed by atoms with Gasteiger partial charge >= 0.3 is 0 Å². The van der Waals surface area contributed by atoms with E-state index in [1.54, 1.807) is 20.4 Å². The Labute approximate surface area is 133 Å². The standard InChI is InChI=1S/C17H15ClN2O2/c1-21-15-7-6-11(10-16(15)22-2)20-14-8-9-19-17-12(14)4-3-5-13(17)18/h3-10H,1-2H3,(H,19,20). The van der Waals surface area contributed by atoms with Crippen molar-refractivity contribution in [1.29, 1.82) is 0 Å². The number of methoxy groups -OCH3 is 2. The molecule has 3 aromatic rings. The van der Waals surface area contributed by atoms with E-state index in [4.69, 9.17) is 21.1 Å². The van der Waals surface area contributed by atoms with E-state index in [-0.39, 0.29) is 0 Å². The highest BCUT2D eigenvalue weighted by Crippen LogP contribution is 2.33. The van der Waals surface area contributed by atoms with Crippen LogP contribution in [0.2, 0.25) is 5.02 Å². The molecular weight excluding hydrogens is 300 g/mol. The molecule has 0 saturated carbocycles. The van der Waals surface area contributed by atoms with Crippen molar-refractivity contribution in [2.45, 2.75) is 0 Å². The molecule has 0 fully saturated rings. The van der Waals surface area contributed by atoms with Crippen LogP contribution in [0, 0.1) is 0 Å². The molecule has 112 valence electrons. The van der Waals surface area contributed by atoms with Crippen molar-refractivity contribution < 1.29 is 9.47 Å². The average molecular weight is 315 g/mol. The van der Waals surface area contributed by atoms with Crippen molar-refractivity contribution >= 4 is 33.9 Å². The Morgan fingerprint density at radius 3 is 2.59 bits per heavy atom. The Morgan fingerprint density at radius 1 is 1.00 bits per heavy atom. The van der Waals surface area contributed by atoms with Crippen LogP contribution in [-0.4, -0.2) is 19.2 Å². The molecule has 4 nitrogen and oxygen atoms in total. The number of nitrogens with zero attached hydrogens (tertiary/aromatic N) is 1. The van der Waals surface area contributed by atoms with Gasteiger partial charge in [-0.3, -0.25) is 4.98 Å². The van der Waals surface area contributed by atoms with Gasteiger partial charge in [-0.25, -0.2) is 0 Å². The highest BCUT2D eigenvalue weighted by atomic mass is 35.5. The number of halogens is 1. The summed E-state index contributed by atoms with van der Waals surface area (Å²) in [5, 5.41) is 4.96. The molecule has 3 rings (SSSR count). The van der Waals surface area contributed by atoms with Gasteiger partial charge in [-0.2, -0.15) is 0 Å². The number of aromatic nitrogens is 1. The van der Waals surface area contributed by atoms with E-state index in [0.29, 0.717) is 16.5 Å². The van der Waals surface area contributed by atoms with E-state index < -0.39 is 0 Å². The van der Waals surface area contributed by atoms with Crippen LogP contribution in [0.3, 0.4) is 0 Å². The third-order valence-corrected chi connectivity index (χ3v) is 3.69. The third kappa shape index (κ3) is 2.65. The number of pyridine rings is 1. The van der Waals surface area contributed by atoms with Crippen molar-refractivity contribution in [3.63, 3.8) is 0 Å². The fourth-order valence-corrected chi connectivity index (χ4v) is 2.54. The Hall–Kier alpha value is -2.46. The monoisotopic (exact) mass is 314 g/mol. The Bertz CT molecular complexity index is 821. The molecule has 0 aliphatic heterocycles. The zero-order valence-electron chi connectivity index (χ0n) is 12.3. The SMILES string of the molecule is COc1ccc(Nc2ccnc3c(Cl)cccc23)cc1OC. The summed E-state index contributed by atoms with van der Waals surface area (Å²) in [6.45, 7) is 0. The van der Waals surface area contributed by atoms with Crippen LogP contribution in [0.5, 0.6) is 11.5 Å². The molecule has 0 radical (unpaired) electrons. The lowest BCUT2D eigenvalue weighted by atomic mass is 10.1. The van der Waals surface area contributed by atoms with Crippen LogP contribution in [0.25, 0.3) is 10.9 Å². The molecule has 0 aliphatic rings. The van der Waals surface area contributed by atoms with Crippen LogP contribution in [0.4, 0.5) is 11.4 Å². The molecule has 1 N–H and O–H groups in total. The molecule has 0 bridgehead atoms. The van der Waals surface area contributed by atoms with E-state index in [9.17, 15) is 0 Å². The van der Waals surface area contributed by atoms with Crippen molar-refractivity contribution in [2.24, 2.45) is 0 Å². The summed E-state index contributed by atoms with van der Waals surface area (Å²) in [5.74, 6) is 1.36. The minimum atomic E-state index is 0.633. The van der Waals surface area contributed by atoms with Gasteiger partial charge < -0.3 is 14.8 Å². The molecule has 0 atom stereocenters. The van der Waals surface area contributed by atoms with Crippen molar-refractivity contribution in [1.82, 2.24) is 4.98 Å². The summed E-state index contributed by atoms with van der Waals surface area (Å²) in [4.78, 5) is 4.33. The van der Waals surface area contributed by atoms with Crippen LogP contribution in [0.1, 0.15) is 0 Å². The zero-order valence-corrected chi connectivity index (χ0v) is 13.0. The topological polar surface area (TPSA) is 43.4 Å². The number of hydrogen-bond acceptors (Lipinski definition) is 4. The number of rotatable bonds is 4. The quantitative estimate of drug-likeness (QED) is 0.761. The van der Waals surface area contributed by atoms with Crippen LogP contribution < -0.4 is 14.8 Å². The fourth-order valence-electron chi connectivity index (χ4n) is 2.32. The number of hydrogen-bond donors (Lipinski definition) is 1.